The van der Waals surface area contributed by atoms with Crippen molar-refractivity contribution in [3.63, 3.8) is 0 Å². The van der Waals surface area contributed by atoms with E-state index in [2.05, 4.69) is 0 Å². The first-order chi connectivity index (χ1) is 8.65. The normalized spacial score (nSPS) is 19.9. The Morgan fingerprint density at radius 3 is 2.94 bits per heavy atom. The van der Waals surface area contributed by atoms with E-state index >= 15 is 0 Å². The fraction of sp³-hybridized carbons (Fsp3) is 0.462. The average molecular weight is 252 g/mol. The molecule has 98 valence electrons. The number of amides is 1. The van der Waals surface area contributed by atoms with Crippen LogP contribution in [-0.4, -0.2) is 35.0 Å². The van der Waals surface area contributed by atoms with Gasteiger partial charge in [0.1, 0.15) is 17.1 Å². The second-order valence-corrected chi connectivity index (χ2v) is 4.52. The summed E-state index contributed by atoms with van der Waals surface area (Å²) in [5, 5.41) is 9.63. The third-order valence-corrected chi connectivity index (χ3v) is 3.37. The highest BCUT2D eigenvalue weighted by atomic mass is 19.1. The molecule has 1 fully saturated rings. The van der Waals surface area contributed by atoms with Crippen LogP contribution in [0.2, 0.25) is 0 Å². The molecule has 0 saturated carbocycles. The molecule has 2 rings (SSSR count). The highest BCUT2D eigenvalue weighted by Gasteiger charge is 2.29. The molecule has 1 unspecified atom stereocenters. The van der Waals surface area contributed by atoms with Gasteiger partial charge in [0.25, 0.3) is 5.91 Å². The lowest BCUT2D eigenvalue weighted by molar-refractivity contribution is 0.0615. The van der Waals surface area contributed by atoms with Crippen LogP contribution in [0.5, 0.6) is 5.75 Å². The predicted octanol–water partition coefficient (Wildman–Crippen LogP) is 1.48. The number of piperidine rings is 1. The summed E-state index contributed by atoms with van der Waals surface area (Å²) < 4.78 is 13.6. The number of hydrogen-bond acceptors (Lipinski definition) is 3. The van der Waals surface area contributed by atoms with Crippen LogP contribution in [0.3, 0.4) is 0 Å². The fourth-order valence-corrected chi connectivity index (χ4v) is 2.38. The van der Waals surface area contributed by atoms with Gasteiger partial charge in [0.2, 0.25) is 0 Å². The largest absolute Gasteiger partial charge is 0.507 e. The van der Waals surface area contributed by atoms with Gasteiger partial charge in [-0.1, -0.05) is 6.07 Å². The molecular weight excluding hydrogens is 235 g/mol. The molecule has 1 aliphatic heterocycles. The minimum atomic E-state index is -0.693. The van der Waals surface area contributed by atoms with Crippen LogP contribution >= 0.6 is 0 Å². The van der Waals surface area contributed by atoms with Gasteiger partial charge in [-0.3, -0.25) is 4.79 Å². The second-order valence-electron chi connectivity index (χ2n) is 4.52. The molecule has 0 aliphatic carbocycles. The lowest BCUT2D eigenvalue weighted by atomic mass is 10.0. The SMILES string of the molecule is NCC1CCCCN1C(=O)c1c(O)cccc1F. The summed E-state index contributed by atoms with van der Waals surface area (Å²) in [5.74, 6) is -1.48. The molecule has 1 amide bonds. The smallest absolute Gasteiger partial charge is 0.260 e. The number of hydrogen-bond donors (Lipinski definition) is 2. The molecule has 0 radical (unpaired) electrons. The Labute approximate surface area is 105 Å². The zero-order chi connectivity index (χ0) is 13.1. The number of nitrogens with two attached hydrogens (primary N) is 1. The van der Waals surface area contributed by atoms with E-state index in [9.17, 15) is 14.3 Å². The summed E-state index contributed by atoms with van der Waals surface area (Å²) >= 11 is 0. The van der Waals surface area contributed by atoms with Crippen molar-refractivity contribution in [3.05, 3.63) is 29.6 Å². The molecule has 1 aromatic rings. The molecule has 1 atom stereocenters. The molecule has 4 nitrogen and oxygen atoms in total. The van der Waals surface area contributed by atoms with Gasteiger partial charge >= 0.3 is 0 Å². The van der Waals surface area contributed by atoms with Gasteiger partial charge in [-0.05, 0) is 31.4 Å². The second kappa shape index (κ2) is 5.35. The topological polar surface area (TPSA) is 66.6 Å². The maximum absolute atomic E-state index is 13.6. The lowest BCUT2D eigenvalue weighted by Crippen LogP contribution is -2.47. The molecule has 1 aliphatic rings. The maximum atomic E-state index is 13.6. The Hall–Kier alpha value is -1.62. The van der Waals surface area contributed by atoms with Crippen LogP contribution in [0.1, 0.15) is 29.6 Å². The number of phenols is 1. The number of benzene rings is 1. The molecule has 5 heteroatoms. The van der Waals surface area contributed by atoms with Gasteiger partial charge in [0.05, 0.1) is 0 Å². The molecule has 3 N–H and O–H groups in total. The molecule has 1 heterocycles. The summed E-state index contributed by atoms with van der Waals surface area (Å²) in [4.78, 5) is 13.9. The number of nitrogens with zero attached hydrogens (tertiary/aromatic N) is 1. The molecule has 0 aromatic heterocycles. The van der Waals surface area contributed by atoms with Crippen LogP contribution in [0.15, 0.2) is 18.2 Å². The number of rotatable bonds is 2. The van der Waals surface area contributed by atoms with Gasteiger partial charge in [0, 0.05) is 19.1 Å². The van der Waals surface area contributed by atoms with E-state index < -0.39 is 11.7 Å². The van der Waals surface area contributed by atoms with E-state index in [4.69, 9.17) is 5.73 Å². The van der Waals surface area contributed by atoms with Crippen molar-refractivity contribution in [2.45, 2.75) is 25.3 Å². The average Bonchev–Trinajstić information content (AvgIpc) is 2.38. The van der Waals surface area contributed by atoms with Crippen LogP contribution in [-0.2, 0) is 0 Å². The Morgan fingerprint density at radius 2 is 2.28 bits per heavy atom. The van der Waals surface area contributed by atoms with Crippen molar-refractivity contribution in [2.75, 3.05) is 13.1 Å². The summed E-state index contributed by atoms with van der Waals surface area (Å²) in [6, 6.07) is 3.80. The predicted molar refractivity (Wildman–Crippen MR) is 65.8 cm³/mol. The minimum absolute atomic E-state index is 0.0646. The zero-order valence-corrected chi connectivity index (χ0v) is 10.1. The highest BCUT2D eigenvalue weighted by molar-refractivity contribution is 5.97. The number of phenolic OH excluding ortho intramolecular Hbond substituents is 1. The van der Waals surface area contributed by atoms with E-state index in [-0.39, 0.29) is 17.4 Å². The van der Waals surface area contributed by atoms with Gasteiger partial charge in [-0.25, -0.2) is 4.39 Å². The first-order valence-electron chi connectivity index (χ1n) is 6.13. The molecule has 1 aromatic carbocycles. The first-order valence-corrected chi connectivity index (χ1v) is 6.13. The Morgan fingerprint density at radius 1 is 1.50 bits per heavy atom. The summed E-state index contributed by atoms with van der Waals surface area (Å²) in [6.45, 7) is 0.926. The number of halogens is 1. The molecule has 1 saturated heterocycles. The van der Waals surface area contributed by atoms with Crippen molar-refractivity contribution < 1.29 is 14.3 Å². The van der Waals surface area contributed by atoms with Crippen molar-refractivity contribution >= 4 is 5.91 Å². The van der Waals surface area contributed by atoms with E-state index in [0.717, 1.165) is 19.3 Å². The monoisotopic (exact) mass is 252 g/mol. The van der Waals surface area contributed by atoms with Crippen LogP contribution in [0, 0.1) is 5.82 Å². The molecular formula is C13H17FN2O2. The van der Waals surface area contributed by atoms with Gasteiger partial charge < -0.3 is 15.7 Å². The number of aromatic hydroxyl groups is 1. The van der Waals surface area contributed by atoms with E-state index in [1.54, 1.807) is 4.90 Å². The molecule has 18 heavy (non-hydrogen) atoms. The van der Waals surface area contributed by atoms with Crippen LogP contribution in [0.25, 0.3) is 0 Å². The van der Waals surface area contributed by atoms with Gasteiger partial charge in [0.15, 0.2) is 0 Å². The van der Waals surface area contributed by atoms with Crippen molar-refractivity contribution in [1.29, 1.82) is 0 Å². The lowest BCUT2D eigenvalue weighted by Gasteiger charge is -2.35. The number of carbonyl (C=O) groups is 1. The molecule has 0 bridgehead atoms. The van der Waals surface area contributed by atoms with E-state index in [0.29, 0.717) is 13.1 Å². The van der Waals surface area contributed by atoms with Crippen molar-refractivity contribution in [3.8, 4) is 5.75 Å². The maximum Gasteiger partial charge on any atom is 0.260 e. The fourth-order valence-electron chi connectivity index (χ4n) is 2.38. The van der Waals surface area contributed by atoms with E-state index in [1.807, 2.05) is 0 Å². The number of carbonyl (C=O) groups excluding carboxylic acids is 1. The summed E-state index contributed by atoms with van der Waals surface area (Å²) in [7, 11) is 0. The standard InChI is InChI=1S/C13H17FN2O2/c14-10-5-3-6-11(17)12(10)13(18)16-7-2-1-4-9(16)8-15/h3,5-6,9,17H,1-2,4,7-8,15H2. The number of likely N-dealkylation sites (tertiary alicyclic amines) is 1. The Bertz CT molecular complexity index is 430. The summed E-state index contributed by atoms with van der Waals surface area (Å²) in [5.41, 5.74) is 5.38. The zero-order valence-electron chi connectivity index (χ0n) is 10.1. The Kier molecular flexibility index (Phi) is 3.81. The third kappa shape index (κ3) is 2.31. The highest BCUT2D eigenvalue weighted by Crippen LogP contribution is 2.25. The van der Waals surface area contributed by atoms with E-state index in [1.165, 1.54) is 18.2 Å². The first kappa shape index (κ1) is 12.8. The van der Waals surface area contributed by atoms with Crippen LogP contribution < -0.4 is 5.73 Å². The molecule has 0 spiro atoms. The Balaban J connectivity index is 2.30. The van der Waals surface area contributed by atoms with Gasteiger partial charge in [-0.15, -0.1) is 0 Å². The van der Waals surface area contributed by atoms with Crippen molar-refractivity contribution in [1.82, 2.24) is 4.90 Å². The van der Waals surface area contributed by atoms with Crippen molar-refractivity contribution in [2.24, 2.45) is 5.73 Å². The quantitative estimate of drug-likeness (QED) is 0.838. The third-order valence-electron chi connectivity index (χ3n) is 3.37. The minimum Gasteiger partial charge on any atom is -0.507 e. The van der Waals surface area contributed by atoms with Crippen LogP contribution in [0.4, 0.5) is 4.39 Å². The summed E-state index contributed by atoms with van der Waals surface area (Å²) in [6.07, 6.45) is 2.74. The van der Waals surface area contributed by atoms with Gasteiger partial charge in [-0.2, -0.15) is 0 Å².